The molecule has 0 radical (unpaired) electrons. The van der Waals surface area contributed by atoms with Crippen molar-refractivity contribution in [1.29, 1.82) is 0 Å². The first-order valence-electron chi connectivity index (χ1n) is 9.91. The minimum Gasteiger partial charge on any atom is -0.465 e. The van der Waals surface area contributed by atoms with Gasteiger partial charge in [-0.25, -0.2) is 4.79 Å². The highest BCUT2D eigenvalue weighted by molar-refractivity contribution is 5.78. The summed E-state index contributed by atoms with van der Waals surface area (Å²) >= 11 is 0. The lowest BCUT2D eigenvalue weighted by atomic mass is 9.88. The van der Waals surface area contributed by atoms with Crippen LogP contribution in [-0.4, -0.2) is 86.9 Å². The van der Waals surface area contributed by atoms with E-state index in [0.29, 0.717) is 0 Å². The van der Waals surface area contributed by atoms with Gasteiger partial charge in [0.1, 0.15) is 24.9 Å². The third-order valence-electron chi connectivity index (χ3n) is 4.60. The molecular weight excluding hydrogens is 462 g/mol. The van der Waals surface area contributed by atoms with E-state index in [-0.39, 0.29) is 0 Å². The first-order chi connectivity index (χ1) is 15.9. The molecule has 190 valence electrons. The minimum absolute atomic E-state index is 0.453. The highest BCUT2D eigenvalue weighted by Gasteiger charge is 2.58. The lowest BCUT2D eigenvalue weighted by molar-refractivity contribution is -0.305. The third kappa shape index (κ3) is 7.57. The number of ether oxygens (including phenoxy) is 7. The number of rotatable bonds is 10. The highest BCUT2D eigenvalue weighted by Crippen LogP contribution is 2.37. The molecule has 0 saturated carbocycles. The number of methoxy groups -OCH3 is 2. The van der Waals surface area contributed by atoms with E-state index in [9.17, 15) is 24.0 Å². The van der Waals surface area contributed by atoms with Gasteiger partial charge in [0.2, 0.25) is 0 Å². The zero-order valence-corrected chi connectivity index (χ0v) is 19.5. The third-order valence-corrected chi connectivity index (χ3v) is 4.60. The largest absolute Gasteiger partial charge is 0.465 e. The van der Waals surface area contributed by atoms with Gasteiger partial charge in [-0.3, -0.25) is 19.2 Å². The van der Waals surface area contributed by atoms with Crippen LogP contribution in [0.1, 0.15) is 34.1 Å². The van der Waals surface area contributed by atoms with Crippen molar-refractivity contribution < 1.29 is 57.1 Å². The summed E-state index contributed by atoms with van der Waals surface area (Å²) in [5.41, 5.74) is 9.13. The fourth-order valence-corrected chi connectivity index (χ4v) is 3.38. The number of azide groups is 1. The van der Waals surface area contributed by atoms with Gasteiger partial charge in [-0.1, -0.05) is 5.11 Å². The summed E-state index contributed by atoms with van der Waals surface area (Å²) in [5, 5.41) is 3.60. The molecular formula is C19H27N3O12. The van der Waals surface area contributed by atoms with Crippen molar-refractivity contribution in [1.82, 2.24) is 0 Å². The molecule has 0 spiro atoms. The lowest BCUT2D eigenvalue weighted by Crippen LogP contribution is -2.65. The van der Waals surface area contributed by atoms with Crippen LogP contribution in [-0.2, 0) is 57.1 Å². The van der Waals surface area contributed by atoms with E-state index in [1.807, 2.05) is 0 Å². The molecule has 6 atom stereocenters. The second-order valence-electron chi connectivity index (χ2n) is 7.10. The molecule has 1 fully saturated rings. The highest BCUT2D eigenvalue weighted by atomic mass is 16.7. The van der Waals surface area contributed by atoms with E-state index >= 15 is 0 Å². The van der Waals surface area contributed by atoms with E-state index in [2.05, 4.69) is 10.0 Å². The Morgan fingerprint density at radius 3 is 2.09 bits per heavy atom. The Bertz CT molecular complexity index is 842. The Morgan fingerprint density at radius 2 is 1.65 bits per heavy atom. The molecule has 1 aliphatic rings. The summed E-state index contributed by atoms with van der Waals surface area (Å²) in [6, 6.07) is -1.40. The maximum Gasteiger partial charge on any atom is 0.366 e. The molecule has 0 amide bonds. The lowest BCUT2D eigenvalue weighted by Gasteiger charge is -2.46. The predicted octanol–water partition coefficient (Wildman–Crippen LogP) is 0.328. The maximum atomic E-state index is 12.6. The quantitative estimate of drug-likeness (QED) is 0.134. The number of hydrogen-bond donors (Lipinski definition) is 0. The Labute approximate surface area is 194 Å². The number of esters is 5. The van der Waals surface area contributed by atoms with Crippen LogP contribution >= 0.6 is 0 Å². The van der Waals surface area contributed by atoms with Gasteiger partial charge in [0.05, 0.1) is 13.5 Å². The molecule has 0 unspecified atom stereocenters. The molecule has 0 aliphatic carbocycles. The Kier molecular flexibility index (Phi) is 10.7. The van der Waals surface area contributed by atoms with Crippen molar-refractivity contribution in [3.05, 3.63) is 10.4 Å². The van der Waals surface area contributed by atoms with Crippen molar-refractivity contribution in [2.45, 2.75) is 70.4 Å². The molecule has 0 aromatic carbocycles. The van der Waals surface area contributed by atoms with Gasteiger partial charge in [0, 0.05) is 39.7 Å². The number of hydrogen-bond acceptors (Lipinski definition) is 13. The van der Waals surface area contributed by atoms with Crippen LogP contribution in [0.5, 0.6) is 0 Å². The van der Waals surface area contributed by atoms with Crippen LogP contribution < -0.4 is 0 Å². The van der Waals surface area contributed by atoms with Crippen LogP contribution in [0.4, 0.5) is 0 Å². The second kappa shape index (κ2) is 12.7. The van der Waals surface area contributed by atoms with Crippen molar-refractivity contribution in [3.8, 4) is 0 Å². The molecule has 1 saturated heterocycles. The van der Waals surface area contributed by atoms with E-state index in [1.165, 1.54) is 0 Å². The van der Waals surface area contributed by atoms with E-state index < -0.39 is 79.1 Å². The summed E-state index contributed by atoms with van der Waals surface area (Å²) in [6.45, 7) is 3.66. The first kappa shape index (κ1) is 28.6. The molecule has 0 aromatic rings. The molecule has 0 aromatic heterocycles. The molecule has 34 heavy (non-hydrogen) atoms. The number of nitrogens with zero attached hydrogens (tertiary/aromatic N) is 3. The standard InChI is InChI=1S/C19H27N3O12/c1-9(23)30-8-14(32-11(3)25)16(33-12(4)26)17-15(21-22-20)13(31-10(2)24)7-19(29-6,34-17)18(27)28-5/h13-17H,7-8H2,1-6H3/t13-,14+,15+,16+,17+,19-/m0/s1. The van der Waals surface area contributed by atoms with Gasteiger partial charge in [-0.2, -0.15) is 0 Å². The Balaban J connectivity index is 3.69. The maximum absolute atomic E-state index is 12.6. The van der Waals surface area contributed by atoms with Gasteiger partial charge >= 0.3 is 29.8 Å². The molecule has 1 heterocycles. The van der Waals surface area contributed by atoms with Crippen LogP contribution in [0.25, 0.3) is 10.4 Å². The SMILES string of the molecule is COC(=O)[C@]1(OC)C[C@H](OC(C)=O)[C@@H](N=[N+]=[N-])[C@H]([C@H](OC(C)=O)[C@@H](COC(C)=O)OC(C)=O)O1. The summed E-state index contributed by atoms with van der Waals surface area (Å²) in [7, 11) is 2.16. The molecule has 15 heteroatoms. The summed E-state index contributed by atoms with van der Waals surface area (Å²) in [5.74, 6) is -6.49. The summed E-state index contributed by atoms with van der Waals surface area (Å²) < 4.78 is 36.5. The molecule has 15 nitrogen and oxygen atoms in total. The molecule has 1 aliphatic heterocycles. The normalized spacial score (nSPS) is 25.5. The van der Waals surface area contributed by atoms with Crippen LogP contribution in [0.3, 0.4) is 0 Å². The van der Waals surface area contributed by atoms with E-state index in [0.717, 1.165) is 41.9 Å². The summed E-state index contributed by atoms with van der Waals surface area (Å²) in [4.78, 5) is 62.1. The smallest absolute Gasteiger partial charge is 0.366 e. The number of carbonyl (C=O) groups is 5. The fourth-order valence-electron chi connectivity index (χ4n) is 3.38. The minimum atomic E-state index is -2.19. The zero-order valence-electron chi connectivity index (χ0n) is 19.5. The van der Waals surface area contributed by atoms with E-state index in [4.69, 9.17) is 38.7 Å². The average molecular weight is 489 g/mol. The van der Waals surface area contributed by atoms with Gasteiger partial charge in [0.15, 0.2) is 12.2 Å². The van der Waals surface area contributed by atoms with Crippen LogP contribution in [0.2, 0.25) is 0 Å². The Morgan fingerprint density at radius 1 is 1.03 bits per heavy atom. The van der Waals surface area contributed by atoms with Crippen LogP contribution in [0.15, 0.2) is 5.11 Å². The molecule has 1 rings (SSSR count). The van der Waals surface area contributed by atoms with Crippen molar-refractivity contribution in [2.24, 2.45) is 5.11 Å². The van der Waals surface area contributed by atoms with Crippen molar-refractivity contribution >= 4 is 29.8 Å². The van der Waals surface area contributed by atoms with Gasteiger partial charge < -0.3 is 33.2 Å². The van der Waals surface area contributed by atoms with Crippen LogP contribution in [0, 0.1) is 0 Å². The topological polar surface area (TPSA) is 199 Å². The van der Waals surface area contributed by atoms with Crippen molar-refractivity contribution in [2.75, 3.05) is 20.8 Å². The van der Waals surface area contributed by atoms with Gasteiger partial charge in [-0.05, 0) is 5.53 Å². The summed E-state index contributed by atoms with van der Waals surface area (Å²) in [6.07, 6.45) is -6.47. The first-order valence-corrected chi connectivity index (χ1v) is 9.91. The fraction of sp³-hybridized carbons (Fsp3) is 0.737. The van der Waals surface area contributed by atoms with Crippen molar-refractivity contribution in [3.63, 3.8) is 0 Å². The average Bonchev–Trinajstić information content (AvgIpc) is 2.74. The Hall–Kier alpha value is -3.42. The zero-order chi connectivity index (χ0) is 26.1. The van der Waals surface area contributed by atoms with Gasteiger partial charge in [0.25, 0.3) is 5.79 Å². The van der Waals surface area contributed by atoms with Gasteiger partial charge in [-0.15, -0.1) is 0 Å². The number of carbonyl (C=O) groups excluding carboxylic acids is 5. The predicted molar refractivity (Wildman–Crippen MR) is 107 cm³/mol. The molecule has 0 bridgehead atoms. The monoisotopic (exact) mass is 489 g/mol. The molecule has 0 N–H and O–H groups in total. The second-order valence-corrected chi connectivity index (χ2v) is 7.10. The van der Waals surface area contributed by atoms with E-state index in [1.54, 1.807) is 0 Å².